The third kappa shape index (κ3) is 2.89. The Balaban J connectivity index is 2.97. The number of rotatable bonds is 2. The minimum atomic E-state index is -0.770. The van der Waals surface area contributed by atoms with Crippen LogP contribution in [0.4, 0.5) is 4.39 Å². The first-order chi connectivity index (χ1) is 7.82. The maximum atomic E-state index is 12.9. The Bertz CT molecular complexity index is 310. The maximum Gasteiger partial charge on any atom is 0.116 e. The predicted octanol–water partition coefficient (Wildman–Crippen LogP) is 2.45. The zero-order chi connectivity index (χ0) is 13.2. The van der Waals surface area contributed by atoms with Crippen molar-refractivity contribution in [2.24, 2.45) is 16.4 Å². The van der Waals surface area contributed by atoms with Crippen molar-refractivity contribution < 1.29 is 14.2 Å². The summed E-state index contributed by atoms with van der Waals surface area (Å²) in [7, 11) is 0. The van der Waals surface area contributed by atoms with Gasteiger partial charge in [0.05, 0.1) is 24.4 Å². The molecule has 1 saturated heterocycles. The summed E-state index contributed by atoms with van der Waals surface area (Å²) in [4.78, 5) is 2.70. The van der Waals surface area contributed by atoms with Crippen LogP contribution in [0.5, 0.6) is 0 Å². The SMILES string of the molecule is CC1C(O)C(C(C)(C)C)OC(CF)C1N=[N+]=[N-]. The van der Waals surface area contributed by atoms with Gasteiger partial charge in [-0.15, -0.1) is 0 Å². The topological polar surface area (TPSA) is 78.2 Å². The molecule has 1 N–H and O–H groups in total. The number of alkyl halides is 1. The molecular weight excluding hydrogens is 225 g/mol. The monoisotopic (exact) mass is 245 g/mol. The van der Waals surface area contributed by atoms with Crippen LogP contribution in [0.15, 0.2) is 5.11 Å². The minimum Gasteiger partial charge on any atom is -0.390 e. The van der Waals surface area contributed by atoms with Crippen LogP contribution in [-0.2, 0) is 4.74 Å². The Labute approximate surface area is 101 Å². The fourth-order valence-corrected chi connectivity index (χ4v) is 2.25. The molecule has 0 radical (unpaired) electrons. The van der Waals surface area contributed by atoms with Crippen molar-refractivity contribution in [1.82, 2.24) is 0 Å². The number of ether oxygens (including phenoxy) is 1. The summed E-state index contributed by atoms with van der Waals surface area (Å²) in [6, 6.07) is -0.654. The maximum absolute atomic E-state index is 12.9. The van der Waals surface area contributed by atoms with E-state index < -0.39 is 31.0 Å². The van der Waals surface area contributed by atoms with Gasteiger partial charge >= 0.3 is 0 Å². The van der Waals surface area contributed by atoms with E-state index in [1.807, 2.05) is 20.8 Å². The Kier molecular flexibility index (Phi) is 4.36. The van der Waals surface area contributed by atoms with Gasteiger partial charge in [-0.25, -0.2) is 4.39 Å². The van der Waals surface area contributed by atoms with Gasteiger partial charge in [0.2, 0.25) is 0 Å². The van der Waals surface area contributed by atoms with E-state index in [1.54, 1.807) is 6.92 Å². The summed E-state index contributed by atoms with van der Waals surface area (Å²) in [6.45, 7) is 6.83. The van der Waals surface area contributed by atoms with Crippen LogP contribution in [0.3, 0.4) is 0 Å². The highest BCUT2D eigenvalue weighted by Gasteiger charge is 2.46. The van der Waals surface area contributed by atoms with E-state index >= 15 is 0 Å². The first-order valence-electron chi connectivity index (χ1n) is 5.76. The molecule has 0 aliphatic carbocycles. The molecule has 5 nitrogen and oxygen atoms in total. The summed E-state index contributed by atoms with van der Waals surface area (Å²) in [5.74, 6) is -0.315. The zero-order valence-corrected chi connectivity index (χ0v) is 10.7. The van der Waals surface area contributed by atoms with Gasteiger partial charge in [0, 0.05) is 4.91 Å². The van der Waals surface area contributed by atoms with Crippen molar-refractivity contribution in [2.45, 2.75) is 52.0 Å². The lowest BCUT2D eigenvalue weighted by Gasteiger charge is -2.46. The number of hydrogen-bond acceptors (Lipinski definition) is 3. The van der Waals surface area contributed by atoms with E-state index in [9.17, 15) is 9.50 Å². The molecule has 1 heterocycles. The number of aliphatic hydroxyl groups excluding tert-OH is 1. The highest BCUT2D eigenvalue weighted by atomic mass is 19.1. The largest absolute Gasteiger partial charge is 0.390 e. The molecule has 0 amide bonds. The number of azide groups is 1. The van der Waals surface area contributed by atoms with E-state index in [0.717, 1.165) is 0 Å². The van der Waals surface area contributed by atoms with Crippen LogP contribution < -0.4 is 0 Å². The number of aliphatic hydroxyl groups is 1. The molecule has 0 aromatic carbocycles. The number of hydrogen-bond donors (Lipinski definition) is 1. The smallest absolute Gasteiger partial charge is 0.116 e. The molecule has 6 heteroatoms. The average Bonchev–Trinajstić information content (AvgIpc) is 2.23. The molecule has 0 bridgehead atoms. The summed E-state index contributed by atoms with van der Waals surface area (Å²) >= 11 is 0. The third-order valence-corrected chi connectivity index (χ3v) is 3.28. The Morgan fingerprint density at radius 3 is 2.47 bits per heavy atom. The summed E-state index contributed by atoms with van der Waals surface area (Å²) in [5, 5.41) is 13.7. The standard InChI is InChI=1S/C11H20FN3O2/c1-6-8(14-15-13)7(5-12)17-10(9(6)16)11(2,3)4/h6-10,16H,5H2,1-4H3. The lowest BCUT2D eigenvalue weighted by molar-refractivity contribution is -0.189. The van der Waals surface area contributed by atoms with Crippen LogP contribution in [-0.4, -0.2) is 36.1 Å². The lowest BCUT2D eigenvalue weighted by atomic mass is 9.76. The number of halogens is 1. The molecular formula is C11H20FN3O2. The van der Waals surface area contributed by atoms with Crippen LogP contribution in [0, 0.1) is 11.3 Å². The van der Waals surface area contributed by atoms with E-state index in [4.69, 9.17) is 10.3 Å². The minimum absolute atomic E-state index is 0.289. The molecule has 1 rings (SSSR count). The van der Waals surface area contributed by atoms with E-state index in [2.05, 4.69) is 10.0 Å². The Hall–Kier alpha value is -0.840. The molecule has 0 aromatic heterocycles. The quantitative estimate of drug-likeness (QED) is 0.460. The fraction of sp³-hybridized carbons (Fsp3) is 1.00. The predicted molar refractivity (Wildman–Crippen MR) is 62.2 cm³/mol. The molecule has 0 saturated carbocycles. The van der Waals surface area contributed by atoms with Crippen molar-refractivity contribution in [3.8, 4) is 0 Å². The van der Waals surface area contributed by atoms with Crippen molar-refractivity contribution in [1.29, 1.82) is 0 Å². The van der Waals surface area contributed by atoms with Gasteiger partial charge in [-0.3, -0.25) is 0 Å². The van der Waals surface area contributed by atoms with Crippen molar-refractivity contribution in [2.75, 3.05) is 6.67 Å². The van der Waals surface area contributed by atoms with Crippen LogP contribution in [0.1, 0.15) is 27.7 Å². The van der Waals surface area contributed by atoms with Crippen molar-refractivity contribution in [3.05, 3.63) is 10.4 Å². The van der Waals surface area contributed by atoms with Gasteiger partial charge in [-0.1, -0.05) is 32.8 Å². The molecule has 5 atom stereocenters. The molecule has 17 heavy (non-hydrogen) atoms. The van der Waals surface area contributed by atoms with E-state index in [0.29, 0.717) is 0 Å². The molecule has 98 valence electrons. The first kappa shape index (κ1) is 14.2. The highest BCUT2D eigenvalue weighted by Crippen LogP contribution is 2.36. The Morgan fingerprint density at radius 1 is 1.47 bits per heavy atom. The van der Waals surface area contributed by atoms with E-state index in [-0.39, 0.29) is 11.3 Å². The summed E-state index contributed by atoms with van der Waals surface area (Å²) in [6.07, 6.45) is -1.98. The molecule has 0 aromatic rings. The summed E-state index contributed by atoms with van der Waals surface area (Å²) in [5.41, 5.74) is 8.17. The summed E-state index contributed by atoms with van der Waals surface area (Å²) < 4.78 is 18.5. The number of nitrogens with zero attached hydrogens (tertiary/aromatic N) is 3. The van der Waals surface area contributed by atoms with Crippen LogP contribution in [0.2, 0.25) is 0 Å². The lowest BCUT2D eigenvalue weighted by Crippen LogP contribution is -2.57. The molecule has 1 aliphatic heterocycles. The Morgan fingerprint density at radius 2 is 2.06 bits per heavy atom. The van der Waals surface area contributed by atoms with E-state index in [1.165, 1.54) is 0 Å². The van der Waals surface area contributed by atoms with Gasteiger partial charge in [-0.05, 0) is 16.9 Å². The molecule has 0 spiro atoms. The van der Waals surface area contributed by atoms with Gasteiger partial charge in [0.15, 0.2) is 0 Å². The molecule has 5 unspecified atom stereocenters. The third-order valence-electron chi connectivity index (χ3n) is 3.28. The van der Waals surface area contributed by atoms with Crippen LogP contribution >= 0.6 is 0 Å². The normalized spacial score (nSPS) is 38.6. The van der Waals surface area contributed by atoms with Gasteiger partial charge in [0.25, 0.3) is 0 Å². The van der Waals surface area contributed by atoms with Crippen molar-refractivity contribution >= 4 is 0 Å². The highest BCUT2D eigenvalue weighted by molar-refractivity contribution is 4.97. The van der Waals surface area contributed by atoms with Gasteiger partial charge in [-0.2, -0.15) is 0 Å². The van der Waals surface area contributed by atoms with Gasteiger partial charge < -0.3 is 9.84 Å². The second-order valence-corrected chi connectivity index (χ2v) is 5.66. The second kappa shape index (κ2) is 5.21. The second-order valence-electron chi connectivity index (χ2n) is 5.66. The fourth-order valence-electron chi connectivity index (χ4n) is 2.25. The first-order valence-corrected chi connectivity index (χ1v) is 5.76. The zero-order valence-electron chi connectivity index (χ0n) is 10.7. The van der Waals surface area contributed by atoms with Crippen LogP contribution in [0.25, 0.3) is 10.4 Å². The molecule has 1 fully saturated rings. The average molecular weight is 245 g/mol. The molecule has 1 aliphatic rings. The van der Waals surface area contributed by atoms with Crippen molar-refractivity contribution in [3.63, 3.8) is 0 Å². The van der Waals surface area contributed by atoms with Gasteiger partial charge in [0.1, 0.15) is 6.67 Å².